The second-order valence-electron chi connectivity index (χ2n) is 4.30. The molecule has 8 heteroatoms. The number of aromatic nitrogens is 2. The summed E-state index contributed by atoms with van der Waals surface area (Å²) < 4.78 is 25.9. The molecule has 0 aromatic carbocycles. The summed E-state index contributed by atoms with van der Waals surface area (Å²) in [5.41, 5.74) is 0. The number of nitrogens with zero attached hydrogens (tertiary/aromatic N) is 2. The molecule has 18 heavy (non-hydrogen) atoms. The van der Waals surface area contributed by atoms with Crippen molar-refractivity contribution in [2.75, 3.05) is 26.2 Å². The molecule has 0 saturated carbocycles. The predicted octanol–water partition coefficient (Wildman–Crippen LogP) is -0.855. The lowest BCUT2D eigenvalue weighted by Crippen LogP contribution is -2.42. The van der Waals surface area contributed by atoms with Crippen LogP contribution in [0.5, 0.6) is 0 Å². The lowest BCUT2D eigenvalue weighted by Gasteiger charge is -2.23. The number of hydrogen-bond acceptors (Lipinski definition) is 5. The molecule has 0 aliphatic carbocycles. The Kier molecular flexibility index (Phi) is 4.33. The molecule has 1 fully saturated rings. The molecule has 1 aromatic heterocycles. The summed E-state index contributed by atoms with van der Waals surface area (Å²) in [6.45, 7) is 1.20. The number of aliphatic hydroxyl groups excluding tert-OH is 1. The Bertz CT molecular complexity index is 453. The first-order valence-corrected chi connectivity index (χ1v) is 7.42. The zero-order valence-electron chi connectivity index (χ0n) is 10.0. The van der Waals surface area contributed by atoms with E-state index in [2.05, 4.69) is 15.5 Å². The molecule has 0 radical (unpaired) electrons. The van der Waals surface area contributed by atoms with Gasteiger partial charge in [0.1, 0.15) is 0 Å². The number of aliphatic hydroxyl groups is 1. The maximum atomic E-state index is 12.3. The molecular formula is C10H18N4O3S. The Morgan fingerprint density at radius 2 is 2.39 bits per heavy atom. The average Bonchev–Trinajstić information content (AvgIpc) is 3.01. The van der Waals surface area contributed by atoms with Crippen molar-refractivity contribution in [3.05, 3.63) is 12.3 Å². The van der Waals surface area contributed by atoms with Gasteiger partial charge < -0.3 is 10.4 Å². The van der Waals surface area contributed by atoms with Crippen molar-refractivity contribution in [1.82, 2.24) is 19.8 Å². The van der Waals surface area contributed by atoms with E-state index in [1.807, 2.05) is 0 Å². The minimum Gasteiger partial charge on any atom is -0.395 e. The highest BCUT2D eigenvalue weighted by atomic mass is 32.2. The zero-order valence-corrected chi connectivity index (χ0v) is 10.9. The number of H-pyrrole nitrogens is 1. The van der Waals surface area contributed by atoms with Crippen LogP contribution in [0.2, 0.25) is 0 Å². The summed E-state index contributed by atoms with van der Waals surface area (Å²) in [6.07, 6.45) is 3.42. The van der Waals surface area contributed by atoms with Gasteiger partial charge in [0.15, 0.2) is 5.03 Å². The van der Waals surface area contributed by atoms with Crippen LogP contribution in [0.4, 0.5) is 0 Å². The molecular weight excluding hydrogens is 256 g/mol. The van der Waals surface area contributed by atoms with Gasteiger partial charge >= 0.3 is 0 Å². The van der Waals surface area contributed by atoms with Crippen LogP contribution in [-0.2, 0) is 10.0 Å². The van der Waals surface area contributed by atoms with Gasteiger partial charge in [-0.05, 0) is 25.5 Å². The fourth-order valence-electron chi connectivity index (χ4n) is 2.11. The number of nitrogens with one attached hydrogen (secondary N) is 2. The van der Waals surface area contributed by atoms with E-state index in [0.717, 1.165) is 19.4 Å². The van der Waals surface area contributed by atoms with Gasteiger partial charge in [0.2, 0.25) is 0 Å². The number of hydrogen-bond donors (Lipinski definition) is 3. The molecule has 2 heterocycles. The third-order valence-corrected chi connectivity index (χ3v) is 4.82. The first-order chi connectivity index (χ1) is 8.64. The first kappa shape index (κ1) is 13.5. The van der Waals surface area contributed by atoms with Crippen molar-refractivity contribution in [1.29, 1.82) is 0 Å². The second kappa shape index (κ2) is 5.79. The van der Waals surface area contributed by atoms with E-state index in [1.54, 1.807) is 0 Å². The largest absolute Gasteiger partial charge is 0.395 e. The lowest BCUT2D eigenvalue weighted by atomic mass is 10.2. The first-order valence-electron chi connectivity index (χ1n) is 5.98. The van der Waals surface area contributed by atoms with Crippen molar-refractivity contribution in [3.63, 3.8) is 0 Å². The van der Waals surface area contributed by atoms with Gasteiger partial charge in [-0.25, -0.2) is 8.42 Å². The monoisotopic (exact) mass is 274 g/mol. The Labute approximate surface area is 106 Å². The van der Waals surface area contributed by atoms with Gasteiger partial charge in [-0.15, -0.1) is 0 Å². The summed E-state index contributed by atoms with van der Waals surface area (Å²) in [7, 11) is -3.59. The van der Waals surface area contributed by atoms with Crippen LogP contribution in [0.25, 0.3) is 0 Å². The van der Waals surface area contributed by atoms with Crippen LogP contribution in [0.15, 0.2) is 17.3 Å². The summed E-state index contributed by atoms with van der Waals surface area (Å²) in [5.74, 6) is 0. The van der Waals surface area contributed by atoms with E-state index in [0.29, 0.717) is 6.54 Å². The molecule has 0 amide bonds. The number of sulfonamides is 1. The van der Waals surface area contributed by atoms with E-state index < -0.39 is 10.0 Å². The molecule has 102 valence electrons. The van der Waals surface area contributed by atoms with Gasteiger partial charge in [-0.1, -0.05) is 0 Å². The van der Waals surface area contributed by atoms with Crippen LogP contribution in [-0.4, -0.2) is 60.3 Å². The van der Waals surface area contributed by atoms with Crippen molar-refractivity contribution < 1.29 is 13.5 Å². The summed E-state index contributed by atoms with van der Waals surface area (Å²) in [6, 6.07) is 1.58. The molecule has 0 spiro atoms. The Morgan fingerprint density at radius 1 is 1.56 bits per heavy atom. The minimum atomic E-state index is -3.59. The van der Waals surface area contributed by atoms with Crippen LogP contribution in [0.3, 0.4) is 0 Å². The quantitative estimate of drug-likeness (QED) is 0.627. The van der Waals surface area contributed by atoms with Crippen molar-refractivity contribution >= 4 is 10.0 Å². The molecule has 0 bridgehead atoms. The SMILES string of the molecule is O=S(=O)(c1ccn[nH]1)N(CCO)CC1CCCN1. The van der Waals surface area contributed by atoms with Crippen molar-refractivity contribution in [2.24, 2.45) is 0 Å². The Balaban J connectivity index is 2.13. The van der Waals surface area contributed by atoms with Gasteiger partial charge in [-0.3, -0.25) is 5.10 Å². The van der Waals surface area contributed by atoms with Gasteiger partial charge in [0.05, 0.1) is 12.8 Å². The third kappa shape index (κ3) is 2.89. The van der Waals surface area contributed by atoms with Gasteiger partial charge in [0.25, 0.3) is 10.0 Å². The number of aromatic amines is 1. The van der Waals surface area contributed by atoms with E-state index in [-0.39, 0.29) is 24.2 Å². The van der Waals surface area contributed by atoms with Crippen LogP contribution in [0.1, 0.15) is 12.8 Å². The molecule has 1 saturated heterocycles. The molecule has 2 rings (SSSR count). The molecule has 1 unspecified atom stereocenters. The normalized spacial score (nSPS) is 20.7. The molecule has 1 aromatic rings. The standard InChI is InChI=1S/C10H18N4O3S/c15-7-6-14(8-9-2-1-4-11-9)18(16,17)10-3-5-12-13-10/h3,5,9,11,15H,1-2,4,6-8H2,(H,12,13). The minimum absolute atomic E-state index is 0.0638. The summed E-state index contributed by atoms with van der Waals surface area (Å²) >= 11 is 0. The topological polar surface area (TPSA) is 98.3 Å². The zero-order chi connectivity index (χ0) is 13.0. The third-order valence-electron chi connectivity index (χ3n) is 3.03. The lowest BCUT2D eigenvalue weighted by molar-refractivity contribution is 0.246. The van der Waals surface area contributed by atoms with E-state index in [9.17, 15) is 8.42 Å². The van der Waals surface area contributed by atoms with Crippen molar-refractivity contribution in [3.8, 4) is 0 Å². The Morgan fingerprint density at radius 3 is 2.94 bits per heavy atom. The maximum absolute atomic E-state index is 12.3. The smallest absolute Gasteiger partial charge is 0.260 e. The van der Waals surface area contributed by atoms with Crippen LogP contribution in [0, 0.1) is 0 Å². The van der Waals surface area contributed by atoms with Crippen LogP contribution >= 0.6 is 0 Å². The van der Waals surface area contributed by atoms with Crippen LogP contribution < -0.4 is 5.32 Å². The molecule has 7 nitrogen and oxygen atoms in total. The van der Waals surface area contributed by atoms with E-state index >= 15 is 0 Å². The Hall–Kier alpha value is -0.960. The predicted molar refractivity (Wildman–Crippen MR) is 65.5 cm³/mol. The highest BCUT2D eigenvalue weighted by Gasteiger charge is 2.28. The highest BCUT2D eigenvalue weighted by Crippen LogP contribution is 2.15. The van der Waals surface area contributed by atoms with Gasteiger partial charge in [0, 0.05) is 19.1 Å². The fourth-order valence-corrected chi connectivity index (χ4v) is 3.48. The maximum Gasteiger partial charge on any atom is 0.260 e. The fraction of sp³-hybridized carbons (Fsp3) is 0.700. The number of rotatable bonds is 6. The average molecular weight is 274 g/mol. The molecule has 1 atom stereocenters. The molecule has 1 aliphatic rings. The summed E-state index contributed by atoms with van der Waals surface area (Å²) in [4.78, 5) is 0. The summed E-state index contributed by atoms with van der Waals surface area (Å²) in [5, 5.41) is 18.4. The van der Waals surface area contributed by atoms with Crippen molar-refractivity contribution in [2.45, 2.75) is 23.9 Å². The highest BCUT2D eigenvalue weighted by molar-refractivity contribution is 7.89. The van der Waals surface area contributed by atoms with Gasteiger partial charge in [-0.2, -0.15) is 9.40 Å². The molecule has 3 N–H and O–H groups in total. The van der Waals surface area contributed by atoms with E-state index in [1.165, 1.54) is 16.6 Å². The second-order valence-corrected chi connectivity index (χ2v) is 6.21. The molecule has 1 aliphatic heterocycles. The van der Waals surface area contributed by atoms with E-state index in [4.69, 9.17) is 5.11 Å².